The number of rotatable bonds is 7. The normalized spacial score (nSPS) is 11.3. The quantitative estimate of drug-likeness (QED) is 0.328. The Hall–Kier alpha value is -3.25. The number of amides is 1. The van der Waals surface area contributed by atoms with Gasteiger partial charge >= 0.3 is 0 Å². The van der Waals surface area contributed by atoms with Crippen LogP contribution in [0.25, 0.3) is 10.2 Å². The Kier molecular flexibility index (Phi) is 6.51. The van der Waals surface area contributed by atoms with E-state index in [4.69, 9.17) is 9.72 Å². The number of carbonyl (C=O) groups is 1. The molecule has 0 aliphatic carbocycles. The van der Waals surface area contributed by atoms with E-state index in [1.807, 2.05) is 44.2 Å². The second kappa shape index (κ2) is 9.49. The van der Waals surface area contributed by atoms with Crippen molar-refractivity contribution in [1.82, 2.24) is 9.97 Å². The molecule has 2 heterocycles. The number of nitrogens with zero attached hydrogens (tertiary/aromatic N) is 3. The third-order valence-electron chi connectivity index (χ3n) is 5.06. The maximum Gasteiger partial charge on any atom is 0.260 e. The highest BCUT2D eigenvalue weighted by Crippen LogP contribution is 2.34. The average molecular weight is 446 g/mol. The molecular weight excluding hydrogens is 418 g/mol. The fraction of sp³-hybridized carbons (Fsp3) is 0.269. The van der Waals surface area contributed by atoms with Crippen LogP contribution in [0, 0.1) is 0 Å². The lowest BCUT2D eigenvalue weighted by atomic mass is 10.0. The van der Waals surface area contributed by atoms with Gasteiger partial charge in [-0.15, -0.1) is 0 Å². The van der Waals surface area contributed by atoms with E-state index in [0.717, 1.165) is 21.7 Å². The number of pyridine rings is 1. The molecule has 0 spiro atoms. The lowest BCUT2D eigenvalue weighted by Gasteiger charge is -2.20. The van der Waals surface area contributed by atoms with Crippen LogP contribution in [-0.2, 0) is 6.54 Å². The third kappa shape index (κ3) is 4.81. The van der Waals surface area contributed by atoms with Gasteiger partial charge in [-0.3, -0.25) is 14.7 Å². The predicted molar refractivity (Wildman–Crippen MR) is 131 cm³/mol. The van der Waals surface area contributed by atoms with Crippen molar-refractivity contribution < 1.29 is 9.53 Å². The molecule has 2 aromatic carbocycles. The van der Waals surface area contributed by atoms with Gasteiger partial charge in [-0.25, -0.2) is 4.98 Å². The number of fused-ring (bicyclic) bond motifs is 1. The molecule has 32 heavy (non-hydrogen) atoms. The first-order valence-electron chi connectivity index (χ1n) is 10.8. The molecule has 0 atom stereocenters. The highest BCUT2D eigenvalue weighted by Gasteiger charge is 2.23. The third-order valence-corrected chi connectivity index (χ3v) is 6.10. The van der Waals surface area contributed by atoms with Gasteiger partial charge in [-0.1, -0.05) is 43.4 Å². The molecule has 0 aliphatic heterocycles. The number of hydrogen-bond donors (Lipinski definition) is 0. The van der Waals surface area contributed by atoms with Crippen LogP contribution in [0.4, 0.5) is 5.13 Å². The van der Waals surface area contributed by atoms with Crippen molar-refractivity contribution >= 4 is 32.6 Å². The van der Waals surface area contributed by atoms with Gasteiger partial charge in [-0.2, -0.15) is 0 Å². The molecule has 0 fully saturated rings. The van der Waals surface area contributed by atoms with Crippen LogP contribution in [-0.4, -0.2) is 22.0 Å². The molecule has 0 N–H and O–H groups in total. The van der Waals surface area contributed by atoms with Crippen LogP contribution in [0.5, 0.6) is 5.75 Å². The van der Waals surface area contributed by atoms with E-state index in [0.29, 0.717) is 23.2 Å². The van der Waals surface area contributed by atoms with Gasteiger partial charge in [0.2, 0.25) is 0 Å². The molecular formula is C26H27N3O2S. The van der Waals surface area contributed by atoms with E-state index in [1.54, 1.807) is 23.2 Å². The summed E-state index contributed by atoms with van der Waals surface area (Å²) in [6.45, 7) is 8.62. The number of hydrogen-bond acceptors (Lipinski definition) is 5. The summed E-state index contributed by atoms with van der Waals surface area (Å²) in [7, 11) is 0. The monoisotopic (exact) mass is 445 g/mol. The minimum atomic E-state index is -0.114. The Balaban J connectivity index is 1.73. The maximum atomic E-state index is 13.6. The highest BCUT2D eigenvalue weighted by atomic mass is 32.1. The molecule has 0 aliphatic rings. The zero-order chi connectivity index (χ0) is 22.7. The Labute approximate surface area is 192 Å². The summed E-state index contributed by atoms with van der Waals surface area (Å²) in [5.74, 6) is 0.980. The van der Waals surface area contributed by atoms with Gasteiger partial charge in [0.1, 0.15) is 5.75 Å². The molecule has 0 radical (unpaired) electrons. The number of para-hydroxylation sites is 1. The molecule has 4 rings (SSSR count). The maximum absolute atomic E-state index is 13.6. The fourth-order valence-corrected chi connectivity index (χ4v) is 4.52. The molecule has 4 aromatic rings. The molecule has 1 amide bonds. The molecule has 0 saturated carbocycles. The first kappa shape index (κ1) is 22.0. The molecule has 0 bridgehead atoms. The number of ether oxygens (including phenoxy) is 1. The summed E-state index contributed by atoms with van der Waals surface area (Å²) < 4.78 is 6.79. The van der Waals surface area contributed by atoms with Crippen molar-refractivity contribution in [2.24, 2.45) is 0 Å². The Bertz CT molecular complexity index is 1200. The van der Waals surface area contributed by atoms with E-state index in [-0.39, 0.29) is 12.0 Å². The van der Waals surface area contributed by atoms with Crippen LogP contribution >= 0.6 is 11.3 Å². The first-order chi connectivity index (χ1) is 15.4. The molecule has 2 aromatic heterocycles. The van der Waals surface area contributed by atoms with Crippen LogP contribution < -0.4 is 9.64 Å². The Morgan fingerprint density at radius 3 is 2.44 bits per heavy atom. The van der Waals surface area contributed by atoms with E-state index in [1.165, 1.54) is 16.9 Å². The highest BCUT2D eigenvalue weighted by molar-refractivity contribution is 7.22. The number of carbonyl (C=O) groups excluding carboxylic acids is 1. The van der Waals surface area contributed by atoms with Crippen molar-refractivity contribution in [3.8, 4) is 5.75 Å². The average Bonchev–Trinajstić information content (AvgIpc) is 3.21. The standard InChI is InChI=1S/C26H27N3O2S/c1-17(2)22-9-7-10-23-24(22)28-26(32-23)29(16-20-8-5-6-15-27-20)25(30)19-11-13-21(14-12-19)31-18(3)4/h5-15,17-18H,16H2,1-4H3. The fourth-order valence-electron chi connectivity index (χ4n) is 3.52. The van der Waals surface area contributed by atoms with E-state index in [9.17, 15) is 4.79 Å². The van der Waals surface area contributed by atoms with E-state index < -0.39 is 0 Å². The smallest absolute Gasteiger partial charge is 0.260 e. The largest absolute Gasteiger partial charge is 0.491 e. The van der Waals surface area contributed by atoms with Gasteiger partial charge in [0.15, 0.2) is 5.13 Å². The second-order valence-corrected chi connectivity index (χ2v) is 9.26. The number of aromatic nitrogens is 2. The van der Waals surface area contributed by atoms with Gasteiger partial charge in [0.05, 0.1) is 28.6 Å². The lowest BCUT2D eigenvalue weighted by Crippen LogP contribution is -2.30. The molecule has 6 heteroatoms. The van der Waals surface area contributed by atoms with Gasteiger partial charge in [0, 0.05) is 11.8 Å². The molecule has 0 unspecified atom stereocenters. The molecule has 164 valence electrons. The topological polar surface area (TPSA) is 55.3 Å². The van der Waals surface area contributed by atoms with Crippen molar-refractivity contribution in [2.45, 2.75) is 46.3 Å². The summed E-state index contributed by atoms with van der Waals surface area (Å²) in [6, 6.07) is 19.2. The van der Waals surface area contributed by atoms with E-state index >= 15 is 0 Å². The predicted octanol–water partition coefficient (Wildman–Crippen LogP) is 6.45. The number of anilines is 1. The molecule has 5 nitrogen and oxygen atoms in total. The minimum absolute atomic E-state index is 0.0788. The van der Waals surface area contributed by atoms with Crippen LogP contribution in [0.15, 0.2) is 66.9 Å². The van der Waals surface area contributed by atoms with Crippen molar-refractivity contribution in [3.63, 3.8) is 0 Å². The van der Waals surface area contributed by atoms with Crippen molar-refractivity contribution in [1.29, 1.82) is 0 Å². The van der Waals surface area contributed by atoms with Crippen molar-refractivity contribution in [2.75, 3.05) is 4.90 Å². The van der Waals surface area contributed by atoms with E-state index in [2.05, 4.69) is 37.0 Å². The summed E-state index contributed by atoms with van der Waals surface area (Å²) in [6.07, 6.45) is 1.82. The zero-order valence-electron chi connectivity index (χ0n) is 18.8. The van der Waals surface area contributed by atoms with Crippen molar-refractivity contribution in [3.05, 3.63) is 83.7 Å². The Morgan fingerprint density at radius 1 is 1.00 bits per heavy atom. The van der Waals surface area contributed by atoms with Crippen LogP contribution in [0.1, 0.15) is 55.2 Å². The van der Waals surface area contributed by atoms with Gasteiger partial charge in [-0.05, 0) is 67.8 Å². The lowest BCUT2D eigenvalue weighted by molar-refractivity contribution is 0.0984. The SMILES string of the molecule is CC(C)Oc1ccc(C(=O)N(Cc2ccccn2)c2nc3c(C(C)C)cccc3s2)cc1. The second-order valence-electron chi connectivity index (χ2n) is 8.25. The van der Waals surface area contributed by atoms with Crippen LogP contribution in [0.3, 0.4) is 0 Å². The van der Waals surface area contributed by atoms with Crippen LogP contribution in [0.2, 0.25) is 0 Å². The summed E-state index contributed by atoms with van der Waals surface area (Å²) in [4.78, 5) is 24.7. The first-order valence-corrected chi connectivity index (χ1v) is 11.6. The van der Waals surface area contributed by atoms with Gasteiger partial charge < -0.3 is 4.74 Å². The van der Waals surface area contributed by atoms with Gasteiger partial charge in [0.25, 0.3) is 5.91 Å². The minimum Gasteiger partial charge on any atom is -0.491 e. The zero-order valence-corrected chi connectivity index (χ0v) is 19.6. The number of thiazole rings is 1. The Morgan fingerprint density at radius 2 is 1.78 bits per heavy atom. The summed E-state index contributed by atoms with van der Waals surface area (Å²) >= 11 is 1.53. The summed E-state index contributed by atoms with van der Waals surface area (Å²) in [5, 5.41) is 0.672. The molecule has 0 saturated heterocycles. The number of benzene rings is 2. The summed E-state index contributed by atoms with van der Waals surface area (Å²) in [5.41, 5.74) is 3.54.